The van der Waals surface area contributed by atoms with E-state index in [0.717, 1.165) is 12.5 Å². The molecule has 0 fully saturated rings. The Morgan fingerprint density at radius 2 is 1.89 bits per heavy atom. The van der Waals surface area contributed by atoms with Gasteiger partial charge >= 0.3 is 0 Å². The Morgan fingerprint density at radius 3 is 2.22 bits per heavy atom. The highest BCUT2D eigenvalue weighted by Crippen LogP contribution is 2.07. The highest BCUT2D eigenvalue weighted by Gasteiger charge is 2.00. The van der Waals surface area contributed by atoms with Crippen LogP contribution in [0.2, 0.25) is 0 Å². The summed E-state index contributed by atoms with van der Waals surface area (Å²) < 4.78 is 5.15. The molecule has 0 amide bonds. The van der Waals surface area contributed by atoms with Gasteiger partial charge in [0.1, 0.15) is 0 Å². The van der Waals surface area contributed by atoms with Crippen molar-refractivity contribution in [2.24, 2.45) is 5.92 Å². The van der Waals surface area contributed by atoms with Gasteiger partial charge in [-0.3, -0.25) is 0 Å². The third-order valence-corrected chi connectivity index (χ3v) is 1.65. The summed E-state index contributed by atoms with van der Waals surface area (Å²) in [6, 6.07) is 0. The Hall–Kier alpha value is -0.0400. The normalized spacial score (nSPS) is 10.7. The molecule has 0 aromatic carbocycles. The lowest BCUT2D eigenvalue weighted by Crippen LogP contribution is -2.05. The summed E-state index contributed by atoms with van der Waals surface area (Å²) in [6.45, 7) is 8.98. The third-order valence-electron chi connectivity index (χ3n) is 1.65. The molecule has 0 aliphatic rings. The maximum atomic E-state index is 5.15. The van der Waals surface area contributed by atoms with Crippen LogP contribution in [-0.4, -0.2) is 6.61 Å². The molecule has 0 aromatic rings. The predicted molar refractivity (Wildman–Crippen MR) is 40.0 cm³/mol. The molecular formula is C8H17O. The molecule has 55 valence electrons. The Kier molecular flexibility index (Phi) is 6.06. The molecule has 0 atom stereocenters. The molecule has 0 aromatic heterocycles. The van der Waals surface area contributed by atoms with E-state index in [9.17, 15) is 0 Å². The van der Waals surface area contributed by atoms with Gasteiger partial charge in [-0.15, -0.1) is 0 Å². The summed E-state index contributed by atoms with van der Waals surface area (Å²) in [6.07, 6.45) is 2.45. The fourth-order valence-corrected chi connectivity index (χ4v) is 0.757. The first-order valence-electron chi connectivity index (χ1n) is 3.74. The van der Waals surface area contributed by atoms with Gasteiger partial charge in [0.2, 0.25) is 0 Å². The molecule has 1 radical (unpaired) electrons. The summed E-state index contributed by atoms with van der Waals surface area (Å²) >= 11 is 0. The van der Waals surface area contributed by atoms with Crippen molar-refractivity contribution in [3.8, 4) is 0 Å². The van der Waals surface area contributed by atoms with Gasteiger partial charge in [0, 0.05) is 6.61 Å². The largest absolute Gasteiger partial charge is 0.376 e. The van der Waals surface area contributed by atoms with E-state index in [1.807, 2.05) is 6.92 Å². The van der Waals surface area contributed by atoms with Crippen LogP contribution < -0.4 is 0 Å². The quantitative estimate of drug-likeness (QED) is 0.554. The van der Waals surface area contributed by atoms with Crippen LogP contribution in [0.25, 0.3) is 0 Å². The zero-order valence-electron chi connectivity index (χ0n) is 6.68. The summed E-state index contributed by atoms with van der Waals surface area (Å²) in [7, 11) is 0. The van der Waals surface area contributed by atoms with E-state index >= 15 is 0 Å². The van der Waals surface area contributed by atoms with E-state index in [-0.39, 0.29) is 0 Å². The lowest BCUT2D eigenvalue weighted by molar-refractivity contribution is 0.153. The Bertz CT molecular complexity index is 48.5. The topological polar surface area (TPSA) is 9.23 Å². The Balaban J connectivity index is 3.09. The average molecular weight is 129 g/mol. The van der Waals surface area contributed by atoms with Crippen LogP contribution in [0.1, 0.15) is 33.6 Å². The lowest BCUT2D eigenvalue weighted by Gasteiger charge is -2.10. The minimum Gasteiger partial charge on any atom is -0.376 e. The van der Waals surface area contributed by atoms with Gasteiger partial charge in [-0.25, -0.2) is 0 Å². The van der Waals surface area contributed by atoms with Crippen molar-refractivity contribution in [3.63, 3.8) is 0 Å². The maximum absolute atomic E-state index is 5.15. The average Bonchev–Trinajstić information content (AvgIpc) is 1.91. The van der Waals surface area contributed by atoms with Gasteiger partial charge in [0.05, 0.1) is 6.61 Å². The molecule has 0 aliphatic carbocycles. The van der Waals surface area contributed by atoms with Gasteiger partial charge in [-0.1, -0.05) is 26.7 Å². The summed E-state index contributed by atoms with van der Waals surface area (Å²) in [5, 5.41) is 0. The number of hydrogen-bond acceptors (Lipinski definition) is 1. The second-order valence-electron chi connectivity index (χ2n) is 2.25. The molecule has 0 unspecified atom stereocenters. The molecule has 1 heteroatoms. The van der Waals surface area contributed by atoms with E-state index in [1.54, 1.807) is 6.61 Å². The lowest BCUT2D eigenvalue weighted by atomic mass is 10.1. The SMILES string of the molecule is C[CH]OCC(CC)CC. The number of ether oxygens (including phenoxy) is 1. The van der Waals surface area contributed by atoms with E-state index < -0.39 is 0 Å². The van der Waals surface area contributed by atoms with Crippen LogP contribution >= 0.6 is 0 Å². The molecule has 0 bridgehead atoms. The van der Waals surface area contributed by atoms with Gasteiger partial charge in [0.15, 0.2) is 0 Å². The van der Waals surface area contributed by atoms with Gasteiger partial charge in [-0.05, 0) is 12.8 Å². The molecule has 0 rings (SSSR count). The predicted octanol–water partition coefficient (Wildman–Crippen LogP) is 2.62. The molecule has 9 heavy (non-hydrogen) atoms. The molecule has 0 heterocycles. The Morgan fingerprint density at radius 1 is 1.33 bits per heavy atom. The van der Waals surface area contributed by atoms with Crippen molar-refractivity contribution in [1.29, 1.82) is 0 Å². The second kappa shape index (κ2) is 6.09. The van der Waals surface area contributed by atoms with Crippen LogP contribution in [0.3, 0.4) is 0 Å². The van der Waals surface area contributed by atoms with Gasteiger partial charge in [0.25, 0.3) is 0 Å². The smallest absolute Gasteiger partial charge is 0.0806 e. The van der Waals surface area contributed by atoms with E-state index in [4.69, 9.17) is 4.74 Å². The minimum absolute atomic E-state index is 0.751. The first kappa shape index (κ1) is 8.96. The van der Waals surface area contributed by atoms with Crippen LogP contribution in [0.5, 0.6) is 0 Å². The fraction of sp³-hybridized carbons (Fsp3) is 0.875. The second-order valence-corrected chi connectivity index (χ2v) is 2.25. The molecule has 0 saturated heterocycles. The highest BCUT2D eigenvalue weighted by molar-refractivity contribution is 4.52. The van der Waals surface area contributed by atoms with E-state index in [1.165, 1.54) is 12.8 Å². The van der Waals surface area contributed by atoms with Crippen LogP contribution in [-0.2, 0) is 4.74 Å². The molecule has 1 nitrogen and oxygen atoms in total. The molecule has 0 spiro atoms. The van der Waals surface area contributed by atoms with Crippen LogP contribution in [0.4, 0.5) is 0 Å². The Labute approximate surface area is 58.4 Å². The van der Waals surface area contributed by atoms with Crippen molar-refractivity contribution in [1.82, 2.24) is 0 Å². The first-order chi connectivity index (χ1) is 4.35. The van der Waals surface area contributed by atoms with Crippen molar-refractivity contribution >= 4 is 0 Å². The van der Waals surface area contributed by atoms with Crippen molar-refractivity contribution in [2.75, 3.05) is 6.61 Å². The standard InChI is InChI=1S/C8H17O/c1-4-8(5-2)7-9-6-3/h6,8H,4-5,7H2,1-3H3. The van der Waals surface area contributed by atoms with Gasteiger partial charge < -0.3 is 4.74 Å². The van der Waals surface area contributed by atoms with Crippen molar-refractivity contribution in [3.05, 3.63) is 6.61 Å². The zero-order valence-corrected chi connectivity index (χ0v) is 6.68. The van der Waals surface area contributed by atoms with Gasteiger partial charge in [-0.2, -0.15) is 0 Å². The fourth-order valence-electron chi connectivity index (χ4n) is 0.757. The highest BCUT2D eigenvalue weighted by atomic mass is 16.5. The molecule has 0 aliphatic heterocycles. The summed E-state index contributed by atoms with van der Waals surface area (Å²) in [5.41, 5.74) is 0. The first-order valence-corrected chi connectivity index (χ1v) is 3.74. The molecule has 0 saturated carbocycles. The minimum atomic E-state index is 0.751. The monoisotopic (exact) mass is 129 g/mol. The van der Waals surface area contributed by atoms with Crippen molar-refractivity contribution in [2.45, 2.75) is 33.6 Å². The van der Waals surface area contributed by atoms with E-state index in [0.29, 0.717) is 0 Å². The van der Waals surface area contributed by atoms with Crippen LogP contribution in [0.15, 0.2) is 0 Å². The molecule has 0 N–H and O–H groups in total. The maximum Gasteiger partial charge on any atom is 0.0806 e. The zero-order chi connectivity index (χ0) is 7.11. The van der Waals surface area contributed by atoms with Crippen LogP contribution in [0, 0.1) is 12.5 Å². The molecular weight excluding hydrogens is 112 g/mol. The summed E-state index contributed by atoms with van der Waals surface area (Å²) in [5.74, 6) is 0.751. The number of hydrogen-bond donors (Lipinski definition) is 0. The van der Waals surface area contributed by atoms with E-state index in [2.05, 4.69) is 13.8 Å². The van der Waals surface area contributed by atoms with Crippen molar-refractivity contribution < 1.29 is 4.74 Å². The summed E-state index contributed by atoms with van der Waals surface area (Å²) in [4.78, 5) is 0. The third kappa shape index (κ3) is 4.46. The number of rotatable bonds is 5.